The second-order valence-electron chi connectivity index (χ2n) is 4.26. The molecule has 0 radical (unpaired) electrons. The highest BCUT2D eigenvalue weighted by molar-refractivity contribution is 5.64. The van der Waals surface area contributed by atoms with Gasteiger partial charge < -0.3 is 4.90 Å². The fourth-order valence-corrected chi connectivity index (χ4v) is 2.29. The van der Waals surface area contributed by atoms with E-state index < -0.39 is 0 Å². The molecule has 4 nitrogen and oxygen atoms in total. The Morgan fingerprint density at radius 1 is 1.17 bits per heavy atom. The number of aryl methyl sites for hydroxylation is 1. The molecule has 0 unspecified atom stereocenters. The van der Waals surface area contributed by atoms with Crippen LogP contribution in [-0.2, 0) is 6.42 Å². The normalized spacial score (nSPS) is 13.8. The van der Waals surface area contributed by atoms with Gasteiger partial charge in [-0.1, -0.05) is 18.2 Å². The van der Waals surface area contributed by atoms with Gasteiger partial charge in [0.25, 0.3) is 0 Å². The molecule has 1 aromatic heterocycles. The first-order chi connectivity index (χ1) is 8.88. The molecule has 1 aromatic carbocycles. The van der Waals surface area contributed by atoms with Gasteiger partial charge in [0.2, 0.25) is 0 Å². The molecule has 1 aliphatic heterocycles. The minimum absolute atomic E-state index is 0.351. The molecule has 2 aromatic rings. The molecular formula is C14H12N4. The first kappa shape index (κ1) is 10.7. The molecule has 88 valence electrons. The van der Waals surface area contributed by atoms with E-state index in [1.807, 2.05) is 12.1 Å². The van der Waals surface area contributed by atoms with E-state index in [1.54, 1.807) is 6.20 Å². The van der Waals surface area contributed by atoms with Crippen molar-refractivity contribution in [3.05, 3.63) is 47.9 Å². The number of anilines is 2. The van der Waals surface area contributed by atoms with Crippen molar-refractivity contribution in [2.75, 3.05) is 11.4 Å². The van der Waals surface area contributed by atoms with Crippen LogP contribution < -0.4 is 4.90 Å². The summed E-state index contributed by atoms with van der Waals surface area (Å²) in [5.74, 6) is 0.807. The number of para-hydroxylation sites is 1. The van der Waals surface area contributed by atoms with Gasteiger partial charge in [-0.3, -0.25) is 0 Å². The average molecular weight is 236 g/mol. The molecule has 0 amide bonds. The highest BCUT2D eigenvalue weighted by Gasteiger charge is 2.18. The number of hydrogen-bond donors (Lipinski definition) is 0. The number of aromatic nitrogens is 2. The van der Waals surface area contributed by atoms with E-state index in [9.17, 15) is 0 Å². The van der Waals surface area contributed by atoms with E-state index in [0.717, 1.165) is 25.2 Å². The third-order valence-electron chi connectivity index (χ3n) is 3.14. The number of hydrogen-bond acceptors (Lipinski definition) is 4. The van der Waals surface area contributed by atoms with Crippen LogP contribution in [0, 0.1) is 11.3 Å². The van der Waals surface area contributed by atoms with Crippen molar-refractivity contribution >= 4 is 11.5 Å². The maximum Gasteiger partial charge on any atom is 0.158 e. The molecule has 0 spiro atoms. The van der Waals surface area contributed by atoms with E-state index in [2.05, 4.69) is 33.1 Å². The number of nitrogens with zero attached hydrogens (tertiary/aromatic N) is 4. The summed E-state index contributed by atoms with van der Waals surface area (Å²) < 4.78 is 0. The van der Waals surface area contributed by atoms with Crippen LogP contribution in [0.1, 0.15) is 17.7 Å². The zero-order valence-electron chi connectivity index (χ0n) is 9.87. The van der Waals surface area contributed by atoms with Crippen LogP contribution >= 0.6 is 0 Å². The molecule has 0 bridgehead atoms. The fourth-order valence-electron chi connectivity index (χ4n) is 2.29. The zero-order chi connectivity index (χ0) is 12.4. The smallest absolute Gasteiger partial charge is 0.158 e. The van der Waals surface area contributed by atoms with E-state index in [0.29, 0.717) is 5.69 Å². The number of benzene rings is 1. The van der Waals surface area contributed by atoms with Gasteiger partial charge in [-0.15, -0.1) is 0 Å². The Hall–Kier alpha value is -2.41. The summed E-state index contributed by atoms with van der Waals surface area (Å²) in [7, 11) is 0. The van der Waals surface area contributed by atoms with Crippen LogP contribution in [0.25, 0.3) is 0 Å². The SMILES string of the molecule is N#Cc1cnc(N2CCCc3ccccc32)cn1. The summed E-state index contributed by atoms with van der Waals surface area (Å²) in [5.41, 5.74) is 2.89. The number of rotatable bonds is 1. The zero-order valence-corrected chi connectivity index (χ0v) is 9.87. The van der Waals surface area contributed by atoms with E-state index >= 15 is 0 Å². The van der Waals surface area contributed by atoms with Crippen LogP contribution in [0.3, 0.4) is 0 Å². The van der Waals surface area contributed by atoms with Gasteiger partial charge in [-0.25, -0.2) is 9.97 Å². The third kappa shape index (κ3) is 1.80. The molecule has 1 aliphatic rings. The molecule has 0 saturated heterocycles. The number of fused-ring (bicyclic) bond motifs is 1. The minimum Gasteiger partial charge on any atom is -0.325 e. The topological polar surface area (TPSA) is 52.8 Å². The second kappa shape index (κ2) is 4.46. The third-order valence-corrected chi connectivity index (χ3v) is 3.14. The molecule has 0 atom stereocenters. The molecule has 0 saturated carbocycles. The van der Waals surface area contributed by atoms with Gasteiger partial charge in [0.1, 0.15) is 6.07 Å². The summed E-state index contributed by atoms with van der Waals surface area (Å²) in [6.45, 7) is 0.942. The Balaban J connectivity index is 2.00. The van der Waals surface area contributed by atoms with Crippen molar-refractivity contribution in [2.45, 2.75) is 12.8 Å². The van der Waals surface area contributed by atoms with Crippen LogP contribution in [0.4, 0.5) is 11.5 Å². The minimum atomic E-state index is 0.351. The monoisotopic (exact) mass is 236 g/mol. The molecular weight excluding hydrogens is 224 g/mol. The molecule has 0 N–H and O–H groups in total. The average Bonchev–Trinajstić information content (AvgIpc) is 2.47. The van der Waals surface area contributed by atoms with Crippen molar-refractivity contribution in [3.63, 3.8) is 0 Å². The molecule has 18 heavy (non-hydrogen) atoms. The van der Waals surface area contributed by atoms with Crippen LogP contribution in [0.15, 0.2) is 36.7 Å². The Bertz CT molecular complexity index is 598. The van der Waals surface area contributed by atoms with Crippen molar-refractivity contribution in [2.24, 2.45) is 0 Å². The lowest BCUT2D eigenvalue weighted by Crippen LogP contribution is -2.25. The lowest BCUT2D eigenvalue weighted by molar-refractivity contribution is 0.757. The summed E-state index contributed by atoms with van der Waals surface area (Å²) in [6, 6.07) is 10.3. The van der Waals surface area contributed by atoms with E-state index in [-0.39, 0.29) is 0 Å². The quantitative estimate of drug-likeness (QED) is 0.763. The summed E-state index contributed by atoms with van der Waals surface area (Å²) >= 11 is 0. The first-order valence-corrected chi connectivity index (χ1v) is 5.96. The number of nitriles is 1. The Morgan fingerprint density at radius 2 is 2.06 bits per heavy atom. The van der Waals surface area contributed by atoms with Crippen molar-refractivity contribution in [3.8, 4) is 6.07 Å². The largest absolute Gasteiger partial charge is 0.325 e. The van der Waals surface area contributed by atoms with Crippen molar-refractivity contribution < 1.29 is 0 Å². The Labute approximate surface area is 106 Å². The maximum absolute atomic E-state index is 8.73. The molecule has 4 heteroatoms. The fraction of sp³-hybridized carbons (Fsp3) is 0.214. The standard InChI is InChI=1S/C14H12N4/c15-8-12-9-17-14(10-16-12)18-7-3-5-11-4-1-2-6-13(11)18/h1-2,4,6,9-10H,3,5,7H2. The summed E-state index contributed by atoms with van der Waals surface area (Å²) in [5, 5.41) is 8.73. The first-order valence-electron chi connectivity index (χ1n) is 5.96. The van der Waals surface area contributed by atoms with Gasteiger partial charge in [-0.05, 0) is 24.5 Å². The molecule has 0 aliphatic carbocycles. The van der Waals surface area contributed by atoms with Gasteiger partial charge in [0.15, 0.2) is 11.5 Å². The maximum atomic E-state index is 8.73. The van der Waals surface area contributed by atoms with Gasteiger partial charge in [-0.2, -0.15) is 5.26 Å². The Kier molecular flexibility index (Phi) is 2.66. The highest BCUT2D eigenvalue weighted by atomic mass is 15.2. The molecule has 3 rings (SSSR count). The second-order valence-corrected chi connectivity index (χ2v) is 4.26. The lowest BCUT2D eigenvalue weighted by Gasteiger charge is -2.29. The molecule has 2 heterocycles. The van der Waals surface area contributed by atoms with Crippen molar-refractivity contribution in [1.82, 2.24) is 9.97 Å². The van der Waals surface area contributed by atoms with Gasteiger partial charge >= 0.3 is 0 Å². The van der Waals surface area contributed by atoms with Crippen LogP contribution in [-0.4, -0.2) is 16.5 Å². The van der Waals surface area contributed by atoms with E-state index in [4.69, 9.17) is 5.26 Å². The van der Waals surface area contributed by atoms with Crippen LogP contribution in [0.5, 0.6) is 0 Å². The van der Waals surface area contributed by atoms with Gasteiger partial charge in [0.05, 0.1) is 12.4 Å². The molecule has 0 fully saturated rings. The summed E-state index contributed by atoms with van der Waals surface area (Å²) in [6.07, 6.45) is 5.41. The van der Waals surface area contributed by atoms with E-state index in [1.165, 1.54) is 17.4 Å². The summed E-state index contributed by atoms with van der Waals surface area (Å²) in [4.78, 5) is 10.6. The van der Waals surface area contributed by atoms with Gasteiger partial charge in [0, 0.05) is 12.2 Å². The predicted octanol–water partition coefficient (Wildman–Crippen LogP) is 2.43. The Morgan fingerprint density at radius 3 is 2.83 bits per heavy atom. The highest BCUT2D eigenvalue weighted by Crippen LogP contribution is 2.31. The van der Waals surface area contributed by atoms with Crippen molar-refractivity contribution in [1.29, 1.82) is 5.26 Å². The lowest BCUT2D eigenvalue weighted by atomic mass is 10.0. The van der Waals surface area contributed by atoms with Crippen LogP contribution in [0.2, 0.25) is 0 Å². The predicted molar refractivity (Wildman–Crippen MR) is 68.5 cm³/mol.